The van der Waals surface area contributed by atoms with Crippen molar-refractivity contribution in [1.29, 1.82) is 0 Å². The van der Waals surface area contributed by atoms with Crippen LogP contribution < -0.4 is 16.0 Å². The molecule has 5 fully saturated rings. The number of nitrogens with zero attached hydrogens (tertiary/aromatic N) is 2. The molecule has 2 heterocycles. The van der Waals surface area contributed by atoms with E-state index in [4.69, 9.17) is 5.73 Å². The third-order valence-corrected chi connectivity index (χ3v) is 9.32. The smallest absolute Gasteiger partial charge is 0.335 e. The molecule has 39 heavy (non-hydrogen) atoms. The zero-order chi connectivity index (χ0) is 26.9. The number of primary amides is 1. The van der Waals surface area contributed by atoms with Gasteiger partial charge in [-0.25, -0.2) is 9.69 Å². The Balaban J connectivity index is 1.21. The lowest BCUT2D eigenvalue weighted by Gasteiger charge is -2.57. The molecule has 0 unspecified atom stereocenters. The number of fused-ring (bicyclic) bond motifs is 1. The highest BCUT2D eigenvalue weighted by Gasteiger charge is 2.51. The maximum Gasteiger partial charge on any atom is 0.335 e. The molecule has 5 amide bonds. The molecule has 4 saturated carbocycles. The summed E-state index contributed by atoms with van der Waals surface area (Å²) in [7, 11) is 0. The van der Waals surface area contributed by atoms with E-state index in [2.05, 4.69) is 17.4 Å². The quantitative estimate of drug-likeness (QED) is 0.385. The van der Waals surface area contributed by atoms with Crippen molar-refractivity contribution >= 4 is 46.4 Å². The van der Waals surface area contributed by atoms with E-state index in [0.717, 1.165) is 33.6 Å². The molecule has 0 atom stereocenters. The van der Waals surface area contributed by atoms with Crippen LogP contribution in [0.4, 0.5) is 10.5 Å². The molecule has 1 aromatic heterocycles. The van der Waals surface area contributed by atoms with E-state index in [1.54, 1.807) is 10.8 Å². The third-order valence-electron chi connectivity index (χ3n) is 9.32. The van der Waals surface area contributed by atoms with Gasteiger partial charge in [-0.3, -0.25) is 19.7 Å². The summed E-state index contributed by atoms with van der Waals surface area (Å²) in [5.74, 6) is 0.514. The van der Waals surface area contributed by atoms with Crippen LogP contribution in [0.5, 0.6) is 0 Å². The molecule has 0 spiro atoms. The molecule has 1 aliphatic heterocycles. The fraction of sp³-hybridized carbons (Fsp3) is 0.355. The number of carbonyl (C=O) groups is 4. The first-order valence-corrected chi connectivity index (χ1v) is 13.7. The minimum atomic E-state index is -0.763. The largest absolute Gasteiger partial charge is 0.368 e. The molecule has 198 valence electrons. The lowest BCUT2D eigenvalue weighted by atomic mass is 9.48. The second-order valence-electron chi connectivity index (χ2n) is 11.9. The summed E-state index contributed by atoms with van der Waals surface area (Å²) < 4.78 is 1.68. The van der Waals surface area contributed by atoms with Crippen LogP contribution in [0.25, 0.3) is 17.0 Å². The van der Waals surface area contributed by atoms with Gasteiger partial charge in [0.2, 0.25) is 5.91 Å². The molecule has 8 nitrogen and oxygen atoms in total. The maximum atomic E-state index is 13.6. The van der Waals surface area contributed by atoms with Crippen molar-refractivity contribution < 1.29 is 19.2 Å². The van der Waals surface area contributed by atoms with Crippen LogP contribution in [-0.4, -0.2) is 28.3 Å². The van der Waals surface area contributed by atoms with Gasteiger partial charge in [-0.15, -0.1) is 0 Å². The molecule has 8 heteroatoms. The number of nitrogens with one attached hydrogen (secondary N) is 1. The first-order chi connectivity index (χ1) is 18.8. The van der Waals surface area contributed by atoms with Crippen LogP contribution in [0.15, 0.2) is 60.3 Å². The molecular weight excluding hydrogens is 492 g/mol. The van der Waals surface area contributed by atoms with Gasteiger partial charge in [0, 0.05) is 22.7 Å². The molecule has 3 aromatic rings. The van der Waals surface area contributed by atoms with Gasteiger partial charge in [-0.05, 0) is 91.5 Å². The summed E-state index contributed by atoms with van der Waals surface area (Å²) in [6, 6.07) is 14.4. The highest BCUT2D eigenvalue weighted by atomic mass is 16.2. The van der Waals surface area contributed by atoms with Crippen molar-refractivity contribution in [2.24, 2.45) is 23.5 Å². The van der Waals surface area contributed by atoms with Crippen molar-refractivity contribution in [1.82, 2.24) is 9.88 Å². The van der Waals surface area contributed by atoms with Crippen LogP contribution in [0.2, 0.25) is 0 Å². The molecule has 4 bridgehead atoms. The van der Waals surface area contributed by atoms with E-state index in [1.165, 1.54) is 50.2 Å². The van der Waals surface area contributed by atoms with E-state index in [1.807, 2.05) is 36.4 Å². The van der Waals surface area contributed by atoms with E-state index in [0.29, 0.717) is 11.3 Å². The molecule has 8 rings (SSSR count). The Kier molecular flexibility index (Phi) is 5.30. The molecule has 2 aromatic carbocycles. The Morgan fingerprint density at radius 1 is 0.949 bits per heavy atom. The predicted molar refractivity (Wildman–Crippen MR) is 146 cm³/mol. The van der Waals surface area contributed by atoms with E-state index in [9.17, 15) is 19.2 Å². The Labute approximate surface area is 225 Å². The number of hydrogen-bond acceptors (Lipinski definition) is 4. The highest BCUT2D eigenvalue weighted by molar-refractivity contribution is 6.39. The number of aromatic nitrogens is 1. The van der Waals surface area contributed by atoms with E-state index < -0.39 is 23.8 Å². The lowest BCUT2D eigenvalue weighted by molar-refractivity contribution is -0.122. The fourth-order valence-electron chi connectivity index (χ4n) is 8.16. The number of amides is 5. The number of hydrogen-bond donors (Lipinski definition) is 2. The van der Waals surface area contributed by atoms with Gasteiger partial charge in [0.15, 0.2) is 0 Å². The average molecular weight is 523 g/mol. The number of anilines is 1. The van der Waals surface area contributed by atoms with Gasteiger partial charge in [0.05, 0.1) is 5.69 Å². The van der Waals surface area contributed by atoms with Gasteiger partial charge >= 0.3 is 6.03 Å². The van der Waals surface area contributed by atoms with Gasteiger partial charge in [-0.2, -0.15) is 0 Å². The number of para-hydroxylation sites is 1. The van der Waals surface area contributed by atoms with E-state index in [-0.39, 0.29) is 17.5 Å². The number of carbonyl (C=O) groups excluding carboxylic acids is 4. The Morgan fingerprint density at radius 2 is 1.59 bits per heavy atom. The van der Waals surface area contributed by atoms with Crippen LogP contribution in [-0.2, 0) is 26.3 Å². The topological polar surface area (TPSA) is 114 Å². The highest BCUT2D eigenvalue weighted by Crippen LogP contribution is 2.60. The third kappa shape index (κ3) is 3.88. The predicted octanol–water partition coefficient (Wildman–Crippen LogP) is 4.26. The molecule has 1 saturated heterocycles. The first kappa shape index (κ1) is 23.9. The lowest BCUT2D eigenvalue weighted by Crippen LogP contribution is -2.54. The summed E-state index contributed by atoms with van der Waals surface area (Å²) in [6.07, 6.45) is 10.9. The van der Waals surface area contributed by atoms with Gasteiger partial charge in [-0.1, -0.05) is 30.3 Å². The second kappa shape index (κ2) is 8.66. The Bertz CT molecular complexity index is 1550. The maximum absolute atomic E-state index is 13.6. The van der Waals surface area contributed by atoms with Crippen molar-refractivity contribution in [3.05, 3.63) is 71.4 Å². The Hall–Kier alpha value is -4.20. The number of urea groups is 1. The van der Waals surface area contributed by atoms with Crippen LogP contribution >= 0.6 is 0 Å². The number of nitrogens with two attached hydrogens (primary N) is 1. The minimum absolute atomic E-state index is 0.0372. The zero-order valence-corrected chi connectivity index (χ0v) is 21.6. The summed E-state index contributed by atoms with van der Waals surface area (Å²) in [4.78, 5) is 51.8. The number of rotatable bonds is 5. The van der Waals surface area contributed by atoms with E-state index >= 15 is 0 Å². The fourth-order valence-corrected chi connectivity index (χ4v) is 8.16. The molecule has 5 aliphatic rings. The van der Waals surface area contributed by atoms with Crippen LogP contribution in [0, 0.1) is 17.8 Å². The number of imide groups is 2. The van der Waals surface area contributed by atoms with Crippen molar-refractivity contribution in [3.63, 3.8) is 0 Å². The second-order valence-corrected chi connectivity index (χ2v) is 11.9. The van der Waals surface area contributed by atoms with Crippen molar-refractivity contribution in [3.8, 4) is 0 Å². The molecule has 4 aliphatic carbocycles. The van der Waals surface area contributed by atoms with Crippen molar-refractivity contribution in [2.45, 2.75) is 50.5 Å². The van der Waals surface area contributed by atoms with Crippen LogP contribution in [0.1, 0.15) is 49.7 Å². The average Bonchev–Trinajstić information content (AvgIpc) is 3.22. The summed E-state index contributed by atoms with van der Waals surface area (Å²) in [6.45, 7) is -0.0372. The molecular formula is C31H30N4O4. The van der Waals surface area contributed by atoms with Gasteiger partial charge < -0.3 is 10.3 Å². The number of benzene rings is 2. The normalized spacial score (nSPS) is 28.9. The minimum Gasteiger partial charge on any atom is -0.368 e. The summed E-state index contributed by atoms with van der Waals surface area (Å²) in [5, 5.41) is 3.08. The molecule has 0 radical (unpaired) electrons. The Morgan fingerprint density at radius 3 is 2.23 bits per heavy atom. The van der Waals surface area contributed by atoms with Crippen molar-refractivity contribution in [2.75, 3.05) is 4.90 Å². The van der Waals surface area contributed by atoms with Crippen LogP contribution in [0.3, 0.4) is 0 Å². The van der Waals surface area contributed by atoms with Gasteiger partial charge in [0.1, 0.15) is 12.1 Å². The SMILES string of the molecule is NC(=O)Cn1cc(/C=C2\C(=O)NC(=O)N(c3ccc(C45CC6CC(CC(C6)C4)C5)cc3)C2=O)c2ccccc21. The number of barbiturate groups is 1. The van der Waals surface area contributed by atoms with Gasteiger partial charge in [0.25, 0.3) is 11.8 Å². The zero-order valence-electron chi connectivity index (χ0n) is 21.6. The monoisotopic (exact) mass is 522 g/mol. The summed E-state index contributed by atoms with van der Waals surface area (Å²) in [5.41, 5.74) is 8.52. The standard InChI is InChI=1S/C31H30N4O4/c32-27(36)17-34-16-21(24-3-1-2-4-26(24)34)12-25-28(37)33-30(39)35(29(25)38)23-7-5-22(6-8-23)31-13-18-9-19(14-31)11-20(10-18)15-31/h1-8,12,16,18-20H,9-11,13-15,17H2,(H2,32,36)(H,33,37,39)/b25-12+. The summed E-state index contributed by atoms with van der Waals surface area (Å²) >= 11 is 0. The first-order valence-electron chi connectivity index (χ1n) is 13.7. The molecule has 3 N–H and O–H groups in total.